The number of carbonyl (C=O) groups excluding carboxylic acids is 1. The first-order valence-corrected chi connectivity index (χ1v) is 6.29. The van der Waals surface area contributed by atoms with Gasteiger partial charge in [-0.3, -0.25) is 0 Å². The van der Waals surface area contributed by atoms with Crippen LogP contribution in [-0.2, 0) is 4.74 Å². The second-order valence-corrected chi connectivity index (χ2v) is 4.38. The average Bonchev–Trinajstić information content (AvgIpc) is 2.92. The minimum atomic E-state index is -0.318. The highest BCUT2D eigenvalue weighted by atomic mass is 16.5. The van der Waals surface area contributed by atoms with Crippen molar-refractivity contribution in [1.82, 2.24) is 10.3 Å². The van der Waals surface area contributed by atoms with Gasteiger partial charge < -0.3 is 15.0 Å². The highest BCUT2D eigenvalue weighted by Crippen LogP contribution is 2.16. The number of nitrogens with one attached hydrogen (secondary N) is 1. The molecule has 1 unspecified atom stereocenters. The van der Waals surface area contributed by atoms with Crippen molar-refractivity contribution >= 4 is 11.8 Å². The van der Waals surface area contributed by atoms with E-state index in [0.717, 1.165) is 25.3 Å². The zero-order chi connectivity index (χ0) is 13.0. The maximum Gasteiger partial charge on any atom is 0.339 e. The number of carbonyl (C=O) groups is 1. The summed E-state index contributed by atoms with van der Waals surface area (Å²) in [5.74, 6) is 0.568. The Bertz CT molecular complexity index is 399. The van der Waals surface area contributed by atoms with Crippen LogP contribution in [0.2, 0.25) is 0 Å². The fraction of sp³-hybridized carbons (Fsp3) is 0.538. The van der Waals surface area contributed by atoms with Crippen LogP contribution in [-0.4, -0.2) is 43.7 Å². The van der Waals surface area contributed by atoms with Crippen molar-refractivity contribution in [2.45, 2.75) is 19.4 Å². The molecule has 0 radical (unpaired) electrons. The Morgan fingerprint density at radius 3 is 3.00 bits per heavy atom. The number of hydrogen-bond donors (Lipinski definition) is 1. The Morgan fingerprint density at radius 1 is 1.61 bits per heavy atom. The van der Waals surface area contributed by atoms with Gasteiger partial charge in [-0.25, -0.2) is 9.78 Å². The minimum Gasteiger partial charge on any atom is -0.462 e. The topological polar surface area (TPSA) is 54.5 Å². The van der Waals surface area contributed by atoms with Gasteiger partial charge in [-0.2, -0.15) is 0 Å². The zero-order valence-corrected chi connectivity index (χ0v) is 10.8. The molecule has 0 aromatic carbocycles. The largest absolute Gasteiger partial charge is 0.462 e. The Balaban J connectivity index is 2.04. The Morgan fingerprint density at radius 2 is 2.44 bits per heavy atom. The van der Waals surface area contributed by atoms with Crippen LogP contribution >= 0.6 is 0 Å². The lowest BCUT2D eigenvalue weighted by molar-refractivity contribution is 0.0526. The summed E-state index contributed by atoms with van der Waals surface area (Å²) in [4.78, 5) is 18.0. The lowest BCUT2D eigenvalue weighted by atomic mass is 10.2. The van der Waals surface area contributed by atoms with Crippen molar-refractivity contribution in [2.75, 3.05) is 31.6 Å². The summed E-state index contributed by atoms with van der Waals surface area (Å²) < 4.78 is 4.93. The molecule has 0 saturated carbocycles. The zero-order valence-electron chi connectivity index (χ0n) is 10.8. The molecule has 2 heterocycles. The molecule has 0 bridgehead atoms. The van der Waals surface area contributed by atoms with Gasteiger partial charge in [0.15, 0.2) is 0 Å². The predicted octanol–water partition coefficient (Wildman–Crippen LogP) is 1.06. The molecule has 0 aliphatic carbocycles. The van der Waals surface area contributed by atoms with Gasteiger partial charge in [-0.05, 0) is 32.0 Å². The summed E-state index contributed by atoms with van der Waals surface area (Å²) in [5.41, 5.74) is 0.499. The van der Waals surface area contributed by atoms with Crippen LogP contribution in [0.15, 0.2) is 18.3 Å². The normalized spacial score (nSPS) is 18.7. The number of ether oxygens (including phenoxy) is 1. The van der Waals surface area contributed by atoms with Gasteiger partial charge in [0.2, 0.25) is 0 Å². The molecule has 98 valence electrons. The predicted molar refractivity (Wildman–Crippen MR) is 69.9 cm³/mol. The SMILES string of the molecule is CCOC(=O)c1ccc(N(C)C2CCNC2)nc1. The molecule has 1 aliphatic heterocycles. The molecular formula is C13H19N3O2. The number of esters is 1. The number of anilines is 1. The van der Waals surface area contributed by atoms with E-state index in [9.17, 15) is 4.79 Å². The van der Waals surface area contributed by atoms with Gasteiger partial charge in [-0.15, -0.1) is 0 Å². The van der Waals surface area contributed by atoms with E-state index < -0.39 is 0 Å². The lowest BCUT2D eigenvalue weighted by Crippen LogP contribution is -2.33. The molecular weight excluding hydrogens is 230 g/mol. The molecule has 0 spiro atoms. The average molecular weight is 249 g/mol. The fourth-order valence-electron chi connectivity index (χ4n) is 2.09. The van der Waals surface area contributed by atoms with Crippen molar-refractivity contribution < 1.29 is 9.53 Å². The third-order valence-corrected chi connectivity index (χ3v) is 3.20. The summed E-state index contributed by atoms with van der Waals surface area (Å²) in [7, 11) is 2.03. The Kier molecular flexibility index (Phi) is 4.15. The second kappa shape index (κ2) is 5.82. The monoisotopic (exact) mass is 249 g/mol. The first kappa shape index (κ1) is 12.8. The molecule has 1 N–H and O–H groups in total. The van der Waals surface area contributed by atoms with E-state index in [-0.39, 0.29) is 5.97 Å². The molecule has 5 heteroatoms. The highest BCUT2D eigenvalue weighted by Gasteiger charge is 2.20. The summed E-state index contributed by atoms with van der Waals surface area (Å²) >= 11 is 0. The first-order valence-electron chi connectivity index (χ1n) is 6.29. The van der Waals surface area contributed by atoms with Crippen molar-refractivity contribution in [3.63, 3.8) is 0 Å². The summed E-state index contributed by atoms with van der Waals surface area (Å²) in [6.45, 7) is 4.21. The molecule has 0 amide bonds. The van der Waals surface area contributed by atoms with Gasteiger partial charge in [0.1, 0.15) is 5.82 Å². The van der Waals surface area contributed by atoms with E-state index in [4.69, 9.17) is 4.74 Å². The van der Waals surface area contributed by atoms with Crippen LogP contribution in [0.4, 0.5) is 5.82 Å². The summed E-state index contributed by atoms with van der Waals surface area (Å²) in [5, 5.41) is 3.33. The van der Waals surface area contributed by atoms with Gasteiger partial charge in [-0.1, -0.05) is 0 Å². The fourth-order valence-corrected chi connectivity index (χ4v) is 2.09. The third kappa shape index (κ3) is 2.79. The van der Waals surface area contributed by atoms with Crippen molar-refractivity contribution in [2.24, 2.45) is 0 Å². The number of nitrogens with zero attached hydrogens (tertiary/aromatic N) is 2. The standard InChI is InChI=1S/C13H19N3O2/c1-3-18-13(17)10-4-5-12(15-8-10)16(2)11-6-7-14-9-11/h4-5,8,11,14H,3,6-7,9H2,1-2H3. The molecule has 1 aliphatic rings. The number of pyridine rings is 1. The number of likely N-dealkylation sites (N-methyl/N-ethyl adjacent to an activating group) is 1. The highest BCUT2D eigenvalue weighted by molar-refractivity contribution is 5.89. The van der Waals surface area contributed by atoms with E-state index in [1.54, 1.807) is 19.2 Å². The molecule has 2 rings (SSSR count). The molecule has 1 aromatic heterocycles. The van der Waals surface area contributed by atoms with E-state index in [0.29, 0.717) is 18.2 Å². The van der Waals surface area contributed by atoms with E-state index >= 15 is 0 Å². The van der Waals surface area contributed by atoms with Gasteiger partial charge in [0.25, 0.3) is 0 Å². The van der Waals surface area contributed by atoms with Crippen molar-refractivity contribution in [1.29, 1.82) is 0 Å². The third-order valence-electron chi connectivity index (χ3n) is 3.20. The maximum absolute atomic E-state index is 11.5. The quantitative estimate of drug-likeness (QED) is 0.809. The minimum absolute atomic E-state index is 0.318. The van der Waals surface area contributed by atoms with Crippen molar-refractivity contribution in [3.05, 3.63) is 23.9 Å². The molecule has 1 atom stereocenters. The van der Waals surface area contributed by atoms with Crippen LogP contribution in [0, 0.1) is 0 Å². The second-order valence-electron chi connectivity index (χ2n) is 4.38. The van der Waals surface area contributed by atoms with Crippen LogP contribution < -0.4 is 10.2 Å². The summed E-state index contributed by atoms with van der Waals surface area (Å²) in [6, 6.07) is 4.11. The molecule has 1 aromatic rings. The lowest BCUT2D eigenvalue weighted by Gasteiger charge is -2.24. The maximum atomic E-state index is 11.5. The number of hydrogen-bond acceptors (Lipinski definition) is 5. The Hall–Kier alpha value is -1.62. The van der Waals surface area contributed by atoms with Crippen LogP contribution in [0.3, 0.4) is 0 Å². The van der Waals surface area contributed by atoms with Gasteiger partial charge >= 0.3 is 5.97 Å². The van der Waals surface area contributed by atoms with Crippen LogP contribution in [0.25, 0.3) is 0 Å². The van der Waals surface area contributed by atoms with E-state index in [1.807, 2.05) is 13.1 Å². The first-order chi connectivity index (χ1) is 8.72. The number of rotatable bonds is 4. The van der Waals surface area contributed by atoms with Crippen LogP contribution in [0.1, 0.15) is 23.7 Å². The van der Waals surface area contributed by atoms with E-state index in [1.165, 1.54) is 0 Å². The van der Waals surface area contributed by atoms with Crippen molar-refractivity contribution in [3.8, 4) is 0 Å². The van der Waals surface area contributed by atoms with Crippen LogP contribution in [0.5, 0.6) is 0 Å². The summed E-state index contributed by atoms with van der Waals surface area (Å²) in [6.07, 6.45) is 2.70. The molecule has 5 nitrogen and oxygen atoms in total. The van der Waals surface area contributed by atoms with Gasteiger partial charge in [0.05, 0.1) is 12.2 Å². The molecule has 18 heavy (non-hydrogen) atoms. The smallest absolute Gasteiger partial charge is 0.339 e. The van der Waals surface area contributed by atoms with E-state index in [2.05, 4.69) is 15.2 Å². The van der Waals surface area contributed by atoms with Gasteiger partial charge in [0, 0.05) is 25.8 Å². The number of aromatic nitrogens is 1. The molecule has 1 saturated heterocycles. The Labute approximate surface area is 107 Å². The molecule has 1 fully saturated rings.